The molecule has 0 fully saturated rings. The molecule has 0 heterocycles. The van der Waals surface area contributed by atoms with Crippen molar-refractivity contribution in [1.82, 2.24) is 0 Å². The van der Waals surface area contributed by atoms with Crippen LogP contribution < -0.4 is 9.47 Å². The highest BCUT2D eigenvalue weighted by atomic mass is 16.5. The van der Waals surface area contributed by atoms with Crippen molar-refractivity contribution in [3.05, 3.63) is 52.1 Å². The molecule has 0 atom stereocenters. The number of carbonyl (C=O) groups is 2. The summed E-state index contributed by atoms with van der Waals surface area (Å²) in [5.74, 6) is -0.290. The molecule has 2 aromatic rings. The summed E-state index contributed by atoms with van der Waals surface area (Å²) in [4.78, 5) is 26.7. The summed E-state index contributed by atoms with van der Waals surface area (Å²) < 4.78 is 11.5. The van der Waals surface area contributed by atoms with Gasteiger partial charge in [0.1, 0.15) is 23.8 Å². The Balaban J connectivity index is 1.76. The quantitative estimate of drug-likeness (QED) is 0.242. The fourth-order valence-electron chi connectivity index (χ4n) is 4.99. The van der Waals surface area contributed by atoms with Gasteiger partial charge in [-0.2, -0.15) is 0 Å². The van der Waals surface area contributed by atoms with Gasteiger partial charge in [0.25, 0.3) is 0 Å². The van der Waals surface area contributed by atoms with Gasteiger partial charge >= 0.3 is 0 Å². The zero-order chi connectivity index (χ0) is 25.6. The van der Waals surface area contributed by atoms with Crippen LogP contribution in [0.2, 0.25) is 0 Å². The molecule has 0 aromatic heterocycles. The van der Waals surface area contributed by atoms with Gasteiger partial charge in [-0.1, -0.05) is 45.4 Å². The van der Waals surface area contributed by atoms with E-state index in [1.165, 1.54) is 71.3 Å². The maximum atomic E-state index is 13.4. The van der Waals surface area contributed by atoms with Crippen molar-refractivity contribution >= 4 is 11.6 Å². The number of fused-ring (bicyclic) bond motifs is 2. The van der Waals surface area contributed by atoms with E-state index in [9.17, 15) is 14.7 Å². The fraction of sp³-hybridized carbons (Fsp3) is 0.517. The van der Waals surface area contributed by atoms with Crippen LogP contribution in [-0.2, 0) is 6.54 Å². The molecule has 1 aliphatic rings. The topological polar surface area (TPSA) is 72.8 Å². The third kappa shape index (κ3) is 6.23. The minimum atomic E-state index is -0.411. The van der Waals surface area contributed by atoms with Gasteiger partial charge in [-0.05, 0) is 31.0 Å². The molecule has 0 amide bonds. The van der Waals surface area contributed by atoms with E-state index in [0.29, 0.717) is 17.1 Å². The summed E-state index contributed by atoms with van der Waals surface area (Å²) in [6.45, 7) is 4.00. The van der Waals surface area contributed by atoms with E-state index in [2.05, 4.69) is 21.0 Å². The van der Waals surface area contributed by atoms with Crippen molar-refractivity contribution in [3.63, 3.8) is 0 Å². The van der Waals surface area contributed by atoms with Crippen LogP contribution >= 0.6 is 0 Å². The van der Waals surface area contributed by atoms with E-state index < -0.39 is 5.78 Å². The molecular weight excluding hydrogens is 442 g/mol. The number of hydrogen-bond acceptors (Lipinski definition) is 5. The van der Waals surface area contributed by atoms with Crippen molar-refractivity contribution in [2.45, 2.75) is 64.8 Å². The second-order valence-electron chi connectivity index (χ2n) is 10.2. The SMILES string of the molecule is CCCCCCCCCC[N+](C)(C)Cc1cc(OC)c2c(c1)C(=O)c1cc(OC)cc(O)c1C2=O. The highest BCUT2D eigenvalue weighted by Gasteiger charge is 2.36. The molecule has 0 saturated carbocycles. The standard InChI is InChI=1S/C29H39NO5/c1-6-7-8-9-10-11-12-13-14-30(2,3)19-20-15-22-27(25(16-20)35-5)29(33)26-23(28(22)32)17-21(34-4)18-24(26)31/h15-18H,6-14,19H2,1-5H3/p+1. The Morgan fingerprint density at radius 3 is 2.03 bits per heavy atom. The molecule has 3 rings (SSSR count). The van der Waals surface area contributed by atoms with Gasteiger partial charge in [0, 0.05) is 22.8 Å². The lowest BCUT2D eigenvalue weighted by Gasteiger charge is -2.31. The third-order valence-corrected chi connectivity index (χ3v) is 6.88. The molecule has 1 aliphatic carbocycles. The summed E-state index contributed by atoms with van der Waals surface area (Å²) in [6.07, 6.45) is 10.3. The van der Waals surface area contributed by atoms with Gasteiger partial charge in [0.05, 0.1) is 46.0 Å². The van der Waals surface area contributed by atoms with Gasteiger partial charge in [-0.3, -0.25) is 9.59 Å². The molecule has 0 aliphatic heterocycles. The summed E-state index contributed by atoms with van der Waals surface area (Å²) in [6, 6.07) is 6.52. The lowest BCUT2D eigenvalue weighted by molar-refractivity contribution is -0.903. The highest BCUT2D eigenvalue weighted by Crippen LogP contribution is 2.40. The first-order chi connectivity index (χ1) is 16.7. The van der Waals surface area contributed by atoms with Crippen molar-refractivity contribution in [3.8, 4) is 17.2 Å². The monoisotopic (exact) mass is 482 g/mol. The molecule has 2 aromatic carbocycles. The molecule has 0 spiro atoms. The largest absolute Gasteiger partial charge is 0.507 e. The Hall–Kier alpha value is -2.86. The van der Waals surface area contributed by atoms with Gasteiger partial charge < -0.3 is 19.1 Å². The normalized spacial score (nSPS) is 12.9. The zero-order valence-electron chi connectivity index (χ0n) is 21.9. The average Bonchev–Trinajstić information content (AvgIpc) is 2.82. The van der Waals surface area contributed by atoms with Crippen molar-refractivity contribution in [1.29, 1.82) is 0 Å². The number of hydrogen-bond donors (Lipinski definition) is 1. The van der Waals surface area contributed by atoms with Crippen LogP contribution in [0.15, 0.2) is 24.3 Å². The molecule has 0 bridgehead atoms. The number of nitrogens with zero attached hydrogens (tertiary/aromatic N) is 1. The lowest BCUT2D eigenvalue weighted by atomic mass is 9.82. The number of ketones is 2. The Morgan fingerprint density at radius 2 is 1.40 bits per heavy atom. The summed E-state index contributed by atoms with van der Waals surface area (Å²) in [5, 5.41) is 10.4. The Morgan fingerprint density at radius 1 is 0.771 bits per heavy atom. The average molecular weight is 483 g/mol. The van der Waals surface area contributed by atoms with E-state index >= 15 is 0 Å². The zero-order valence-corrected chi connectivity index (χ0v) is 21.9. The molecule has 6 heteroatoms. The summed E-state index contributed by atoms with van der Waals surface area (Å²) in [7, 11) is 7.34. The number of quaternary nitrogens is 1. The molecule has 0 saturated heterocycles. The third-order valence-electron chi connectivity index (χ3n) is 6.88. The number of unbranched alkanes of at least 4 members (excludes halogenated alkanes) is 7. The second-order valence-corrected chi connectivity index (χ2v) is 10.2. The number of carbonyl (C=O) groups excluding carboxylic acids is 2. The predicted octanol–water partition coefficient (Wildman–Crippen LogP) is 5.90. The van der Waals surface area contributed by atoms with E-state index in [4.69, 9.17) is 9.47 Å². The van der Waals surface area contributed by atoms with Crippen LogP contribution in [0.25, 0.3) is 0 Å². The molecule has 0 unspecified atom stereocenters. The van der Waals surface area contributed by atoms with Gasteiger partial charge in [0.2, 0.25) is 5.78 Å². The van der Waals surface area contributed by atoms with E-state index in [1.807, 2.05) is 12.1 Å². The van der Waals surface area contributed by atoms with Crippen LogP contribution in [-0.4, -0.2) is 56.0 Å². The maximum absolute atomic E-state index is 13.4. The van der Waals surface area contributed by atoms with E-state index in [-0.39, 0.29) is 28.2 Å². The van der Waals surface area contributed by atoms with Crippen molar-refractivity contribution in [2.75, 3.05) is 34.9 Å². The first-order valence-corrected chi connectivity index (χ1v) is 12.8. The molecule has 190 valence electrons. The maximum Gasteiger partial charge on any atom is 0.201 e. The number of aromatic hydroxyl groups is 1. The van der Waals surface area contributed by atoms with Crippen molar-refractivity contribution in [2.24, 2.45) is 0 Å². The van der Waals surface area contributed by atoms with Gasteiger partial charge in [-0.25, -0.2) is 0 Å². The number of phenols is 1. The number of methoxy groups -OCH3 is 2. The molecular formula is C29H40NO5+. The van der Waals surface area contributed by atoms with Crippen LogP contribution in [0.1, 0.15) is 95.7 Å². The number of rotatable bonds is 13. The van der Waals surface area contributed by atoms with Gasteiger partial charge in [0.15, 0.2) is 5.78 Å². The lowest BCUT2D eigenvalue weighted by Crippen LogP contribution is -2.39. The molecule has 35 heavy (non-hydrogen) atoms. The summed E-state index contributed by atoms with van der Waals surface area (Å²) in [5.41, 5.74) is 1.63. The highest BCUT2D eigenvalue weighted by molar-refractivity contribution is 6.30. The van der Waals surface area contributed by atoms with E-state index in [0.717, 1.165) is 29.6 Å². The van der Waals surface area contributed by atoms with Crippen LogP contribution in [0.3, 0.4) is 0 Å². The minimum Gasteiger partial charge on any atom is -0.507 e. The van der Waals surface area contributed by atoms with Crippen LogP contribution in [0.4, 0.5) is 0 Å². The van der Waals surface area contributed by atoms with Crippen molar-refractivity contribution < 1.29 is 28.7 Å². The Bertz CT molecular complexity index is 1070. The summed E-state index contributed by atoms with van der Waals surface area (Å²) >= 11 is 0. The van der Waals surface area contributed by atoms with Crippen LogP contribution in [0.5, 0.6) is 17.2 Å². The number of benzene rings is 2. The van der Waals surface area contributed by atoms with E-state index in [1.54, 1.807) is 0 Å². The molecule has 6 nitrogen and oxygen atoms in total. The Kier molecular flexibility index (Phi) is 8.95. The number of phenolic OH excluding ortho intramolecular Hbond substituents is 1. The van der Waals surface area contributed by atoms with Crippen LogP contribution in [0, 0.1) is 0 Å². The minimum absolute atomic E-state index is 0.000144. The second kappa shape index (κ2) is 11.7. The number of ether oxygens (including phenoxy) is 2. The predicted molar refractivity (Wildman–Crippen MR) is 138 cm³/mol. The first-order valence-electron chi connectivity index (χ1n) is 12.8. The molecule has 0 radical (unpaired) electrons. The first kappa shape index (κ1) is 26.7. The fourth-order valence-corrected chi connectivity index (χ4v) is 4.99. The molecule has 1 N–H and O–H groups in total. The Labute approximate surface area is 209 Å². The smallest absolute Gasteiger partial charge is 0.201 e. The van der Waals surface area contributed by atoms with Gasteiger partial charge in [-0.15, -0.1) is 0 Å².